The highest BCUT2D eigenvalue weighted by Crippen LogP contribution is 2.34. The molecular formula is C19H20N2O7S. The lowest BCUT2D eigenvalue weighted by molar-refractivity contribution is -0.385. The number of esters is 1. The SMILES string of the molecule is COC(=O)c1cccc(Oc2ccc(S(=O)(=O)N3CCCCC3)cc2[N+](=O)[O-])c1. The van der Waals surface area contributed by atoms with E-state index in [4.69, 9.17) is 4.74 Å². The van der Waals surface area contributed by atoms with Gasteiger partial charge in [0.15, 0.2) is 0 Å². The van der Waals surface area contributed by atoms with E-state index in [2.05, 4.69) is 4.74 Å². The molecule has 1 aliphatic heterocycles. The molecule has 0 aliphatic carbocycles. The molecule has 0 atom stereocenters. The number of hydrogen-bond acceptors (Lipinski definition) is 7. The van der Waals surface area contributed by atoms with Crippen LogP contribution in [0.3, 0.4) is 0 Å². The molecule has 1 saturated heterocycles. The summed E-state index contributed by atoms with van der Waals surface area (Å²) in [6.45, 7) is 0.795. The van der Waals surface area contributed by atoms with Crippen molar-refractivity contribution in [2.24, 2.45) is 0 Å². The predicted molar refractivity (Wildman–Crippen MR) is 104 cm³/mol. The maximum atomic E-state index is 12.8. The summed E-state index contributed by atoms with van der Waals surface area (Å²) in [5, 5.41) is 11.5. The molecule has 1 aliphatic rings. The van der Waals surface area contributed by atoms with Crippen molar-refractivity contribution in [3.05, 3.63) is 58.1 Å². The van der Waals surface area contributed by atoms with E-state index in [0.717, 1.165) is 25.3 Å². The first-order chi connectivity index (χ1) is 13.8. The molecule has 29 heavy (non-hydrogen) atoms. The van der Waals surface area contributed by atoms with Gasteiger partial charge in [0, 0.05) is 19.2 Å². The fourth-order valence-corrected chi connectivity index (χ4v) is 4.61. The Morgan fingerprint density at radius 1 is 1.10 bits per heavy atom. The first-order valence-corrected chi connectivity index (χ1v) is 10.4. The van der Waals surface area contributed by atoms with Crippen LogP contribution in [-0.4, -0.2) is 43.8 Å². The molecule has 0 unspecified atom stereocenters. The second-order valence-corrected chi connectivity index (χ2v) is 8.41. The van der Waals surface area contributed by atoms with Crippen LogP contribution in [0.5, 0.6) is 11.5 Å². The molecule has 10 heteroatoms. The molecule has 0 radical (unpaired) electrons. The number of rotatable bonds is 6. The van der Waals surface area contributed by atoms with E-state index in [9.17, 15) is 23.3 Å². The third-order valence-corrected chi connectivity index (χ3v) is 6.46. The van der Waals surface area contributed by atoms with Crippen LogP contribution < -0.4 is 4.74 Å². The van der Waals surface area contributed by atoms with Crippen molar-refractivity contribution in [1.82, 2.24) is 4.31 Å². The maximum absolute atomic E-state index is 12.8. The Kier molecular flexibility index (Phi) is 6.14. The summed E-state index contributed by atoms with van der Waals surface area (Å²) in [6.07, 6.45) is 2.49. The first-order valence-electron chi connectivity index (χ1n) is 8.98. The second kappa shape index (κ2) is 8.58. The van der Waals surface area contributed by atoms with Gasteiger partial charge >= 0.3 is 11.7 Å². The van der Waals surface area contributed by atoms with E-state index in [1.807, 2.05) is 0 Å². The summed E-state index contributed by atoms with van der Waals surface area (Å²) in [7, 11) is -2.58. The Bertz CT molecular complexity index is 1030. The highest BCUT2D eigenvalue weighted by molar-refractivity contribution is 7.89. The first kappa shape index (κ1) is 20.7. The van der Waals surface area contributed by atoms with Gasteiger partial charge in [-0.15, -0.1) is 0 Å². The minimum atomic E-state index is -3.82. The summed E-state index contributed by atoms with van der Waals surface area (Å²) >= 11 is 0. The predicted octanol–water partition coefficient (Wildman–Crippen LogP) is 3.35. The summed E-state index contributed by atoms with van der Waals surface area (Å²) in [5.74, 6) is -0.523. The lowest BCUT2D eigenvalue weighted by atomic mass is 10.2. The smallest absolute Gasteiger partial charge is 0.337 e. The largest absolute Gasteiger partial charge is 0.465 e. The third-order valence-electron chi connectivity index (χ3n) is 4.56. The molecule has 2 aromatic rings. The van der Waals surface area contributed by atoms with E-state index >= 15 is 0 Å². The maximum Gasteiger partial charge on any atom is 0.337 e. The normalized spacial score (nSPS) is 14.9. The van der Waals surface area contributed by atoms with Gasteiger partial charge in [0.1, 0.15) is 5.75 Å². The van der Waals surface area contributed by atoms with Crippen molar-refractivity contribution < 1.29 is 27.6 Å². The Morgan fingerprint density at radius 3 is 2.48 bits per heavy atom. The lowest BCUT2D eigenvalue weighted by Gasteiger charge is -2.25. The number of hydrogen-bond donors (Lipinski definition) is 0. The fraction of sp³-hybridized carbons (Fsp3) is 0.316. The monoisotopic (exact) mass is 420 g/mol. The number of sulfonamides is 1. The number of piperidine rings is 1. The molecular weight excluding hydrogens is 400 g/mol. The highest BCUT2D eigenvalue weighted by Gasteiger charge is 2.29. The minimum Gasteiger partial charge on any atom is -0.465 e. The topological polar surface area (TPSA) is 116 Å². The molecule has 0 bridgehead atoms. The molecule has 2 aromatic carbocycles. The zero-order chi connectivity index (χ0) is 21.0. The zero-order valence-electron chi connectivity index (χ0n) is 15.7. The number of nitrogens with zero attached hydrogens (tertiary/aromatic N) is 2. The summed E-state index contributed by atoms with van der Waals surface area (Å²) < 4.78 is 37.1. The van der Waals surface area contributed by atoms with Gasteiger partial charge in [0.2, 0.25) is 15.8 Å². The van der Waals surface area contributed by atoms with Gasteiger partial charge in [-0.05, 0) is 43.2 Å². The Balaban J connectivity index is 1.93. The van der Waals surface area contributed by atoms with E-state index in [0.29, 0.717) is 13.1 Å². The van der Waals surface area contributed by atoms with Gasteiger partial charge in [-0.25, -0.2) is 13.2 Å². The summed E-state index contributed by atoms with van der Waals surface area (Å²) in [5.41, 5.74) is -0.261. The van der Waals surface area contributed by atoms with E-state index in [-0.39, 0.29) is 22.0 Å². The molecule has 0 amide bonds. The second-order valence-electron chi connectivity index (χ2n) is 6.47. The van der Waals surface area contributed by atoms with Crippen LogP contribution in [0, 0.1) is 10.1 Å². The number of nitro groups is 1. The summed E-state index contributed by atoms with van der Waals surface area (Å²) in [4.78, 5) is 22.3. The molecule has 154 valence electrons. The highest BCUT2D eigenvalue weighted by atomic mass is 32.2. The van der Waals surface area contributed by atoms with E-state index in [1.54, 1.807) is 6.07 Å². The molecule has 0 spiro atoms. The number of carbonyl (C=O) groups excluding carboxylic acids is 1. The van der Waals surface area contributed by atoms with E-state index in [1.165, 1.54) is 41.7 Å². The zero-order valence-corrected chi connectivity index (χ0v) is 16.6. The standard InChI is InChI=1S/C19H20N2O7S/c1-27-19(22)14-6-5-7-15(12-14)28-18-9-8-16(13-17(18)21(23)24)29(25,26)20-10-3-2-4-11-20/h5-9,12-13H,2-4,10-11H2,1H3. The number of benzene rings is 2. The van der Waals surface area contributed by atoms with Gasteiger partial charge in [-0.2, -0.15) is 4.31 Å². The Labute approximate surface area is 168 Å². The third kappa shape index (κ3) is 4.54. The van der Waals surface area contributed by atoms with Crippen LogP contribution in [0.25, 0.3) is 0 Å². The van der Waals surface area contributed by atoms with Crippen LogP contribution in [-0.2, 0) is 14.8 Å². The average molecular weight is 420 g/mol. The number of ether oxygens (including phenoxy) is 2. The molecule has 3 rings (SSSR count). The molecule has 9 nitrogen and oxygen atoms in total. The molecule has 0 N–H and O–H groups in total. The molecule has 1 fully saturated rings. The van der Waals surface area contributed by atoms with Gasteiger partial charge in [0.05, 0.1) is 22.5 Å². The van der Waals surface area contributed by atoms with Crippen molar-refractivity contribution in [2.45, 2.75) is 24.2 Å². The fourth-order valence-electron chi connectivity index (χ4n) is 3.07. The summed E-state index contributed by atoms with van der Waals surface area (Å²) in [6, 6.07) is 9.51. The lowest BCUT2D eigenvalue weighted by Crippen LogP contribution is -2.35. The van der Waals surface area contributed by atoms with Crippen molar-refractivity contribution in [3.8, 4) is 11.5 Å². The van der Waals surface area contributed by atoms with Gasteiger partial charge < -0.3 is 9.47 Å². The van der Waals surface area contributed by atoms with Gasteiger partial charge in [-0.1, -0.05) is 12.5 Å². The molecule has 1 heterocycles. The Morgan fingerprint density at radius 2 is 1.83 bits per heavy atom. The number of methoxy groups -OCH3 is 1. The number of nitro benzene ring substituents is 1. The van der Waals surface area contributed by atoms with Crippen LogP contribution >= 0.6 is 0 Å². The van der Waals surface area contributed by atoms with Crippen molar-refractivity contribution in [3.63, 3.8) is 0 Å². The van der Waals surface area contributed by atoms with Gasteiger partial charge in [-0.3, -0.25) is 10.1 Å². The Hall–Kier alpha value is -2.98. The van der Waals surface area contributed by atoms with Crippen LogP contribution in [0.1, 0.15) is 29.6 Å². The van der Waals surface area contributed by atoms with E-state index < -0.39 is 26.6 Å². The molecule has 0 saturated carbocycles. The number of carbonyl (C=O) groups is 1. The van der Waals surface area contributed by atoms with Crippen molar-refractivity contribution in [1.29, 1.82) is 0 Å². The van der Waals surface area contributed by atoms with Crippen LogP contribution in [0.4, 0.5) is 5.69 Å². The van der Waals surface area contributed by atoms with Crippen molar-refractivity contribution in [2.75, 3.05) is 20.2 Å². The van der Waals surface area contributed by atoms with Crippen LogP contribution in [0.15, 0.2) is 47.4 Å². The minimum absolute atomic E-state index is 0.130. The quantitative estimate of drug-likeness (QED) is 0.400. The molecule has 0 aromatic heterocycles. The average Bonchev–Trinajstić information content (AvgIpc) is 2.74. The van der Waals surface area contributed by atoms with Crippen molar-refractivity contribution >= 4 is 21.7 Å². The van der Waals surface area contributed by atoms with Gasteiger partial charge in [0.25, 0.3) is 0 Å². The van der Waals surface area contributed by atoms with Crippen LogP contribution in [0.2, 0.25) is 0 Å².